The number of amides is 1. The highest BCUT2D eigenvalue weighted by Gasteiger charge is 2.16. The number of carbonyl (C=O) groups excluding carboxylic acids is 1. The van der Waals surface area contributed by atoms with Crippen LogP contribution in [0.15, 0.2) is 48.8 Å². The number of nitrogens with zero attached hydrogens (tertiary/aromatic N) is 3. The number of halogens is 1. The zero-order chi connectivity index (χ0) is 18.1. The molecule has 26 heavy (non-hydrogen) atoms. The van der Waals surface area contributed by atoms with Gasteiger partial charge in [-0.3, -0.25) is 4.79 Å². The Hall–Kier alpha value is -2.89. The van der Waals surface area contributed by atoms with Crippen LogP contribution in [-0.2, 0) is 0 Å². The van der Waals surface area contributed by atoms with Gasteiger partial charge in [-0.25, -0.2) is 9.37 Å². The van der Waals surface area contributed by atoms with Crippen molar-refractivity contribution in [1.29, 1.82) is 0 Å². The number of piperidine rings is 1. The molecule has 0 spiro atoms. The van der Waals surface area contributed by atoms with E-state index in [0.29, 0.717) is 11.3 Å². The summed E-state index contributed by atoms with van der Waals surface area (Å²) in [7, 11) is 0. The molecule has 5 nitrogen and oxygen atoms in total. The Kier molecular flexibility index (Phi) is 4.32. The zero-order valence-corrected chi connectivity index (χ0v) is 14.7. The Morgan fingerprint density at radius 1 is 1.12 bits per heavy atom. The second kappa shape index (κ2) is 6.78. The summed E-state index contributed by atoms with van der Waals surface area (Å²) < 4.78 is 14.8. The van der Waals surface area contributed by atoms with Crippen LogP contribution in [0.2, 0.25) is 0 Å². The molecule has 0 radical (unpaired) electrons. The van der Waals surface area contributed by atoms with Crippen LogP contribution in [0.5, 0.6) is 0 Å². The van der Waals surface area contributed by atoms with Crippen LogP contribution < -0.4 is 10.2 Å². The van der Waals surface area contributed by atoms with Crippen LogP contribution in [-0.4, -0.2) is 28.4 Å². The molecule has 1 aliphatic heterocycles. The van der Waals surface area contributed by atoms with Crippen LogP contribution in [0.1, 0.15) is 30.3 Å². The Bertz CT molecular complexity index is 927. The van der Waals surface area contributed by atoms with Crippen LogP contribution in [0.3, 0.4) is 0 Å². The molecule has 1 fully saturated rings. The predicted molar refractivity (Wildman–Crippen MR) is 100 cm³/mol. The van der Waals surface area contributed by atoms with Gasteiger partial charge in [0.1, 0.15) is 17.2 Å². The normalized spacial score (nSPS) is 15.4. The van der Waals surface area contributed by atoms with E-state index in [1.807, 2.05) is 24.3 Å². The quantitative estimate of drug-likeness (QED) is 0.776. The molecule has 4 rings (SSSR count). The SMILES string of the molecule is CC1CCN(c2ccc(NC(=O)c3cn4cc(F)ccc4n3)cc2)CC1. The molecule has 0 atom stereocenters. The van der Waals surface area contributed by atoms with E-state index in [1.54, 1.807) is 6.07 Å². The van der Waals surface area contributed by atoms with Gasteiger partial charge in [-0.1, -0.05) is 6.92 Å². The van der Waals surface area contributed by atoms with Gasteiger partial charge in [-0.2, -0.15) is 0 Å². The molecule has 0 unspecified atom stereocenters. The van der Waals surface area contributed by atoms with E-state index in [9.17, 15) is 9.18 Å². The van der Waals surface area contributed by atoms with E-state index in [2.05, 4.69) is 22.1 Å². The molecule has 3 heterocycles. The van der Waals surface area contributed by atoms with Crippen molar-refractivity contribution in [1.82, 2.24) is 9.38 Å². The summed E-state index contributed by atoms with van der Waals surface area (Å²) in [5.41, 5.74) is 2.68. The zero-order valence-electron chi connectivity index (χ0n) is 14.7. The van der Waals surface area contributed by atoms with E-state index in [1.165, 1.54) is 41.4 Å². The molecule has 0 saturated carbocycles. The minimum absolute atomic E-state index is 0.254. The van der Waals surface area contributed by atoms with Gasteiger partial charge in [-0.15, -0.1) is 0 Å². The maximum absolute atomic E-state index is 13.3. The summed E-state index contributed by atoms with van der Waals surface area (Å²) in [4.78, 5) is 19.0. The van der Waals surface area contributed by atoms with Crippen molar-refractivity contribution in [3.8, 4) is 0 Å². The number of hydrogen-bond acceptors (Lipinski definition) is 3. The van der Waals surface area contributed by atoms with Crippen LogP contribution in [0.4, 0.5) is 15.8 Å². The number of anilines is 2. The molecule has 1 N–H and O–H groups in total. The van der Waals surface area contributed by atoms with E-state index >= 15 is 0 Å². The first-order valence-corrected chi connectivity index (χ1v) is 8.89. The molecule has 1 amide bonds. The lowest BCUT2D eigenvalue weighted by atomic mass is 9.99. The number of hydrogen-bond donors (Lipinski definition) is 1. The Morgan fingerprint density at radius 2 is 1.85 bits per heavy atom. The first-order chi connectivity index (χ1) is 12.6. The monoisotopic (exact) mass is 352 g/mol. The summed E-state index contributed by atoms with van der Waals surface area (Å²) in [6.07, 6.45) is 5.25. The average molecular weight is 352 g/mol. The third-order valence-electron chi connectivity index (χ3n) is 4.92. The number of fused-ring (bicyclic) bond motifs is 1. The average Bonchev–Trinajstić information content (AvgIpc) is 3.06. The number of benzene rings is 1. The fraction of sp³-hybridized carbons (Fsp3) is 0.300. The molecule has 0 aliphatic carbocycles. The molecule has 1 aromatic carbocycles. The smallest absolute Gasteiger partial charge is 0.275 e. The number of nitrogens with one attached hydrogen (secondary N) is 1. The van der Waals surface area contributed by atoms with Crippen molar-refractivity contribution in [2.75, 3.05) is 23.3 Å². The fourth-order valence-corrected chi connectivity index (χ4v) is 3.29. The molecule has 2 aromatic heterocycles. The molecule has 134 valence electrons. The summed E-state index contributed by atoms with van der Waals surface area (Å²) in [6, 6.07) is 10.7. The number of aromatic nitrogens is 2. The highest BCUT2D eigenvalue weighted by atomic mass is 19.1. The molecule has 1 aliphatic rings. The van der Waals surface area contributed by atoms with Crippen molar-refractivity contribution in [3.63, 3.8) is 0 Å². The van der Waals surface area contributed by atoms with Gasteiger partial charge in [0.05, 0.1) is 0 Å². The van der Waals surface area contributed by atoms with Crippen LogP contribution in [0.25, 0.3) is 5.65 Å². The van der Waals surface area contributed by atoms with Gasteiger partial charge in [0.25, 0.3) is 5.91 Å². The van der Waals surface area contributed by atoms with Crippen molar-refractivity contribution < 1.29 is 9.18 Å². The first kappa shape index (κ1) is 16.6. The van der Waals surface area contributed by atoms with Gasteiger partial charge in [0.2, 0.25) is 0 Å². The van der Waals surface area contributed by atoms with Crippen LogP contribution in [0, 0.1) is 11.7 Å². The number of imidazole rings is 1. The lowest BCUT2D eigenvalue weighted by molar-refractivity contribution is 0.102. The second-order valence-corrected chi connectivity index (χ2v) is 6.91. The summed E-state index contributed by atoms with van der Waals surface area (Å²) in [5, 5.41) is 2.84. The maximum Gasteiger partial charge on any atom is 0.275 e. The van der Waals surface area contributed by atoms with Gasteiger partial charge in [0.15, 0.2) is 0 Å². The van der Waals surface area contributed by atoms with Crippen molar-refractivity contribution in [3.05, 3.63) is 60.3 Å². The highest BCUT2D eigenvalue weighted by Crippen LogP contribution is 2.24. The fourth-order valence-electron chi connectivity index (χ4n) is 3.29. The van der Waals surface area contributed by atoms with Gasteiger partial charge < -0.3 is 14.6 Å². The Balaban J connectivity index is 1.45. The molecule has 3 aromatic rings. The number of rotatable bonds is 3. The summed E-state index contributed by atoms with van der Waals surface area (Å²) in [5.74, 6) is 0.113. The lowest BCUT2D eigenvalue weighted by Crippen LogP contribution is -2.32. The van der Waals surface area contributed by atoms with Gasteiger partial charge in [-0.05, 0) is 55.2 Å². The van der Waals surface area contributed by atoms with Gasteiger partial charge >= 0.3 is 0 Å². The van der Waals surface area contributed by atoms with Crippen molar-refractivity contribution in [2.45, 2.75) is 19.8 Å². The molecular weight excluding hydrogens is 331 g/mol. The van der Waals surface area contributed by atoms with Crippen molar-refractivity contribution in [2.24, 2.45) is 5.92 Å². The van der Waals surface area contributed by atoms with E-state index in [4.69, 9.17) is 0 Å². The molecule has 0 bridgehead atoms. The number of carbonyl (C=O) groups is 1. The van der Waals surface area contributed by atoms with E-state index < -0.39 is 0 Å². The van der Waals surface area contributed by atoms with E-state index in [0.717, 1.165) is 19.0 Å². The first-order valence-electron chi connectivity index (χ1n) is 8.89. The molecule has 1 saturated heterocycles. The minimum atomic E-state index is -0.371. The minimum Gasteiger partial charge on any atom is -0.372 e. The number of pyridine rings is 1. The second-order valence-electron chi connectivity index (χ2n) is 6.91. The largest absolute Gasteiger partial charge is 0.372 e. The highest BCUT2D eigenvalue weighted by molar-refractivity contribution is 6.03. The third kappa shape index (κ3) is 3.40. The lowest BCUT2D eigenvalue weighted by Gasteiger charge is -2.32. The molecule has 6 heteroatoms. The Labute approximate surface area is 151 Å². The Morgan fingerprint density at radius 3 is 2.58 bits per heavy atom. The predicted octanol–water partition coefficient (Wildman–Crippen LogP) is 3.96. The van der Waals surface area contributed by atoms with E-state index in [-0.39, 0.29) is 17.4 Å². The van der Waals surface area contributed by atoms with Crippen molar-refractivity contribution >= 4 is 22.9 Å². The standard InChI is InChI=1S/C20H21FN4O/c1-14-8-10-24(11-9-14)17-5-3-16(4-6-17)22-20(26)18-13-25-12-15(21)2-7-19(25)23-18/h2-7,12-14H,8-11H2,1H3,(H,22,26). The van der Waals surface area contributed by atoms with Crippen LogP contribution >= 0.6 is 0 Å². The van der Waals surface area contributed by atoms with Gasteiger partial charge in [0, 0.05) is 36.9 Å². The summed E-state index contributed by atoms with van der Waals surface area (Å²) >= 11 is 0. The summed E-state index contributed by atoms with van der Waals surface area (Å²) in [6.45, 7) is 4.44. The third-order valence-corrected chi connectivity index (χ3v) is 4.92. The maximum atomic E-state index is 13.3. The topological polar surface area (TPSA) is 49.6 Å². The molecular formula is C20H21FN4O.